The molecule has 3 rings (SSSR count). The Morgan fingerprint density at radius 1 is 1.19 bits per heavy atom. The zero-order valence-corrected chi connectivity index (χ0v) is 14.4. The van der Waals surface area contributed by atoms with E-state index in [2.05, 4.69) is 52.2 Å². The molecule has 0 radical (unpaired) electrons. The lowest BCUT2D eigenvalue weighted by Crippen LogP contribution is -2.26. The normalized spacial score (nSPS) is 12.3. The SMILES string of the molecule is CC(NC(=O)c1csc(I)c1)c1cccc2ccccc12. The zero-order chi connectivity index (χ0) is 14.8. The highest BCUT2D eigenvalue weighted by Crippen LogP contribution is 2.24. The van der Waals surface area contributed by atoms with Gasteiger partial charge in [0.1, 0.15) is 0 Å². The summed E-state index contributed by atoms with van der Waals surface area (Å²) in [6, 6.07) is 16.3. The van der Waals surface area contributed by atoms with Crippen LogP contribution in [0.3, 0.4) is 0 Å². The summed E-state index contributed by atoms with van der Waals surface area (Å²) in [5.41, 5.74) is 1.88. The first-order valence-electron chi connectivity index (χ1n) is 6.68. The Kier molecular flexibility index (Phi) is 4.26. The van der Waals surface area contributed by atoms with Gasteiger partial charge < -0.3 is 5.32 Å². The zero-order valence-electron chi connectivity index (χ0n) is 11.5. The maximum absolute atomic E-state index is 12.3. The molecule has 0 aliphatic rings. The van der Waals surface area contributed by atoms with E-state index in [0.29, 0.717) is 0 Å². The summed E-state index contributed by atoms with van der Waals surface area (Å²) in [6.07, 6.45) is 0. The Morgan fingerprint density at radius 2 is 1.95 bits per heavy atom. The monoisotopic (exact) mass is 407 g/mol. The molecule has 1 atom stereocenters. The number of thiophene rings is 1. The van der Waals surface area contributed by atoms with Crippen LogP contribution in [-0.2, 0) is 0 Å². The van der Waals surface area contributed by atoms with Crippen molar-refractivity contribution in [2.45, 2.75) is 13.0 Å². The predicted molar refractivity (Wildman–Crippen MR) is 96.9 cm³/mol. The number of rotatable bonds is 3. The van der Waals surface area contributed by atoms with Gasteiger partial charge in [-0.25, -0.2) is 0 Å². The van der Waals surface area contributed by atoms with Crippen LogP contribution in [0.2, 0.25) is 0 Å². The Balaban J connectivity index is 1.87. The van der Waals surface area contributed by atoms with Crippen LogP contribution in [0.15, 0.2) is 53.9 Å². The summed E-state index contributed by atoms with van der Waals surface area (Å²) in [6.45, 7) is 2.02. The highest BCUT2D eigenvalue weighted by molar-refractivity contribution is 14.1. The molecule has 1 N–H and O–H groups in total. The molecule has 1 aromatic heterocycles. The second-order valence-corrected chi connectivity index (χ2v) is 7.71. The fourth-order valence-electron chi connectivity index (χ4n) is 2.41. The Morgan fingerprint density at radius 3 is 2.71 bits per heavy atom. The largest absolute Gasteiger partial charge is 0.345 e. The molecule has 3 aromatic rings. The lowest BCUT2D eigenvalue weighted by Gasteiger charge is -2.16. The summed E-state index contributed by atoms with van der Waals surface area (Å²) in [4.78, 5) is 12.3. The van der Waals surface area contributed by atoms with E-state index in [1.807, 2.05) is 36.6 Å². The fraction of sp³-hybridized carbons (Fsp3) is 0.118. The third-order valence-electron chi connectivity index (χ3n) is 3.47. The first-order valence-corrected chi connectivity index (χ1v) is 8.63. The summed E-state index contributed by atoms with van der Waals surface area (Å²) in [5.74, 6) is -0.0189. The van der Waals surface area contributed by atoms with Crippen LogP contribution in [0.5, 0.6) is 0 Å². The van der Waals surface area contributed by atoms with Gasteiger partial charge in [-0.15, -0.1) is 11.3 Å². The number of nitrogens with one attached hydrogen (secondary N) is 1. The van der Waals surface area contributed by atoms with Crippen molar-refractivity contribution < 1.29 is 4.79 Å². The minimum absolute atomic E-state index is 0.0189. The summed E-state index contributed by atoms with van der Waals surface area (Å²) < 4.78 is 1.12. The van der Waals surface area contributed by atoms with Gasteiger partial charge in [0, 0.05) is 5.38 Å². The van der Waals surface area contributed by atoms with E-state index in [1.165, 1.54) is 10.8 Å². The highest BCUT2D eigenvalue weighted by Gasteiger charge is 2.14. The van der Waals surface area contributed by atoms with E-state index < -0.39 is 0 Å². The van der Waals surface area contributed by atoms with Gasteiger partial charge >= 0.3 is 0 Å². The number of benzene rings is 2. The van der Waals surface area contributed by atoms with Crippen LogP contribution in [0.1, 0.15) is 28.9 Å². The van der Waals surface area contributed by atoms with Crippen LogP contribution in [-0.4, -0.2) is 5.91 Å². The van der Waals surface area contributed by atoms with Crippen molar-refractivity contribution in [1.82, 2.24) is 5.32 Å². The van der Waals surface area contributed by atoms with Crippen molar-refractivity contribution >= 4 is 50.6 Å². The minimum Gasteiger partial charge on any atom is -0.345 e. The van der Waals surface area contributed by atoms with Crippen LogP contribution in [0.25, 0.3) is 10.8 Å². The quantitative estimate of drug-likeness (QED) is 0.609. The maximum Gasteiger partial charge on any atom is 0.252 e. The molecule has 0 aliphatic heterocycles. The molecule has 0 fully saturated rings. The smallest absolute Gasteiger partial charge is 0.252 e. The lowest BCUT2D eigenvalue weighted by molar-refractivity contribution is 0.0940. The van der Waals surface area contributed by atoms with Crippen LogP contribution in [0.4, 0.5) is 0 Å². The Labute approximate surface area is 141 Å². The minimum atomic E-state index is -0.0267. The molecule has 0 saturated heterocycles. The van der Waals surface area contributed by atoms with Gasteiger partial charge in [-0.3, -0.25) is 4.79 Å². The third-order valence-corrected chi connectivity index (χ3v) is 5.26. The van der Waals surface area contributed by atoms with Crippen molar-refractivity contribution in [3.05, 3.63) is 67.9 Å². The average molecular weight is 407 g/mol. The van der Waals surface area contributed by atoms with Crippen molar-refractivity contribution in [3.63, 3.8) is 0 Å². The molecule has 0 saturated carbocycles. The van der Waals surface area contributed by atoms with E-state index in [9.17, 15) is 4.79 Å². The predicted octanol–water partition coefficient (Wildman–Crippen LogP) is 5.00. The molecule has 1 heterocycles. The maximum atomic E-state index is 12.3. The van der Waals surface area contributed by atoms with Gasteiger partial charge in [0.2, 0.25) is 0 Å². The number of amides is 1. The van der Waals surface area contributed by atoms with Crippen molar-refractivity contribution in [2.75, 3.05) is 0 Å². The molecule has 21 heavy (non-hydrogen) atoms. The summed E-state index contributed by atoms with van der Waals surface area (Å²) >= 11 is 3.81. The van der Waals surface area contributed by atoms with E-state index in [0.717, 1.165) is 14.0 Å². The second kappa shape index (κ2) is 6.15. The number of halogens is 1. The Bertz CT molecular complexity index is 791. The molecule has 2 nitrogen and oxygen atoms in total. The Hall–Kier alpha value is -1.40. The molecule has 1 unspecified atom stereocenters. The van der Waals surface area contributed by atoms with Gasteiger partial charge in [0.15, 0.2) is 0 Å². The van der Waals surface area contributed by atoms with Crippen LogP contribution in [0, 0.1) is 2.88 Å². The van der Waals surface area contributed by atoms with E-state index in [-0.39, 0.29) is 11.9 Å². The van der Waals surface area contributed by atoms with Gasteiger partial charge in [0.25, 0.3) is 5.91 Å². The van der Waals surface area contributed by atoms with Gasteiger partial charge in [-0.1, -0.05) is 42.5 Å². The first kappa shape index (κ1) is 14.5. The summed E-state index contributed by atoms with van der Waals surface area (Å²) in [5, 5.41) is 7.36. The topological polar surface area (TPSA) is 29.1 Å². The molecule has 1 amide bonds. The van der Waals surface area contributed by atoms with E-state index in [1.54, 1.807) is 11.3 Å². The highest BCUT2D eigenvalue weighted by atomic mass is 127. The van der Waals surface area contributed by atoms with Gasteiger partial charge in [-0.05, 0) is 51.9 Å². The molecule has 0 aliphatic carbocycles. The molecular weight excluding hydrogens is 393 g/mol. The van der Waals surface area contributed by atoms with Crippen molar-refractivity contribution in [3.8, 4) is 0 Å². The number of fused-ring (bicyclic) bond motifs is 1. The lowest BCUT2D eigenvalue weighted by atomic mass is 9.99. The fourth-order valence-corrected chi connectivity index (χ4v) is 3.74. The molecule has 4 heteroatoms. The van der Waals surface area contributed by atoms with Gasteiger partial charge in [-0.2, -0.15) is 0 Å². The van der Waals surface area contributed by atoms with E-state index in [4.69, 9.17) is 0 Å². The number of hydrogen-bond donors (Lipinski definition) is 1. The van der Waals surface area contributed by atoms with Crippen LogP contribution < -0.4 is 5.32 Å². The van der Waals surface area contributed by atoms with Crippen molar-refractivity contribution in [2.24, 2.45) is 0 Å². The summed E-state index contributed by atoms with van der Waals surface area (Å²) in [7, 11) is 0. The average Bonchev–Trinajstić information content (AvgIpc) is 2.93. The van der Waals surface area contributed by atoms with E-state index >= 15 is 0 Å². The third kappa shape index (κ3) is 3.11. The van der Waals surface area contributed by atoms with Crippen LogP contribution >= 0.6 is 33.9 Å². The molecule has 0 spiro atoms. The number of carbonyl (C=O) groups is 1. The van der Waals surface area contributed by atoms with Crippen molar-refractivity contribution in [1.29, 1.82) is 0 Å². The molecule has 0 bridgehead atoms. The first-order chi connectivity index (χ1) is 10.1. The number of carbonyl (C=O) groups excluding carboxylic acids is 1. The van der Waals surface area contributed by atoms with Gasteiger partial charge in [0.05, 0.1) is 14.5 Å². The standard InChI is InChI=1S/C17H14INOS/c1-11(19-17(20)13-9-16(18)21-10-13)14-8-4-6-12-5-2-3-7-15(12)14/h2-11H,1H3,(H,19,20). The molecular formula is C17H14INOS. The molecule has 2 aromatic carbocycles. The molecule has 106 valence electrons. The number of hydrogen-bond acceptors (Lipinski definition) is 2. The second-order valence-electron chi connectivity index (χ2n) is 4.90.